The average molecular weight is 923 g/mol. The lowest BCUT2D eigenvalue weighted by Crippen LogP contribution is -2.45. The first kappa shape index (κ1) is 62.7. The number of quaternary nitrogens is 1. The maximum atomic E-state index is 12.9. The number of nitrogens with one attached hydrogen (secondary N) is 1. The largest absolute Gasteiger partial charge is 0.756 e. The van der Waals surface area contributed by atoms with Crippen molar-refractivity contribution in [3.8, 4) is 0 Å². The molecule has 9 heteroatoms. The molecule has 0 saturated heterocycles. The molecule has 2 N–H and O–H groups in total. The molecule has 0 aliphatic rings. The molecular weight excluding hydrogens is 816 g/mol. The number of phosphoric acid groups is 1. The van der Waals surface area contributed by atoms with E-state index < -0.39 is 20.0 Å². The van der Waals surface area contributed by atoms with Gasteiger partial charge < -0.3 is 28.8 Å². The number of nitrogens with zero attached hydrogens (tertiary/aromatic N) is 1. The molecule has 0 heterocycles. The third-order valence-electron chi connectivity index (χ3n) is 12.3. The first-order chi connectivity index (χ1) is 31.0. The van der Waals surface area contributed by atoms with E-state index in [1.807, 2.05) is 27.2 Å². The molecule has 0 aliphatic heterocycles. The Labute approximate surface area is 397 Å². The molecule has 64 heavy (non-hydrogen) atoms. The van der Waals surface area contributed by atoms with Crippen LogP contribution in [0.15, 0.2) is 36.5 Å². The van der Waals surface area contributed by atoms with E-state index >= 15 is 0 Å². The summed E-state index contributed by atoms with van der Waals surface area (Å²) in [5.41, 5.74) is 0. The van der Waals surface area contributed by atoms with E-state index in [0.717, 1.165) is 44.9 Å². The Morgan fingerprint density at radius 1 is 0.547 bits per heavy atom. The second kappa shape index (κ2) is 46.8. The van der Waals surface area contributed by atoms with Crippen LogP contribution in [-0.2, 0) is 18.4 Å². The van der Waals surface area contributed by atoms with Crippen LogP contribution in [0, 0.1) is 0 Å². The van der Waals surface area contributed by atoms with E-state index in [2.05, 4.69) is 43.5 Å². The number of carbonyl (C=O) groups excluding carboxylic acids is 1. The zero-order valence-electron chi connectivity index (χ0n) is 43.0. The van der Waals surface area contributed by atoms with E-state index in [0.29, 0.717) is 17.4 Å². The van der Waals surface area contributed by atoms with Gasteiger partial charge in [-0.25, -0.2) is 0 Å². The summed E-state index contributed by atoms with van der Waals surface area (Å²) >= 11 is 0. The van der Waals surface area contributed by atoms with Crippen LogP contribution in [0.4, 0.5) is 0 Å². The quantitative estimate of drug-likeness (QED) is 0.0272. The second-order valence-electron chi connectivity index (χ2n) is 19.9. The summed E-state index contributed by atoms with van der Waals surface area (Å²) < 4.78 is 23.3. The van der Waals surface area contributed by atoms with Crippen molar-refractivity contribution in [1.82, 2.24) is 5.32 Å². The van der Waals surface area contributed by atoms with Crippen molar-refractivity contribution in [2.75, 3.05) is 40.9 Å². The van der Waals surface area contributed by atoms with Gasteiger partial charge in [0.1, 0.15) is 13.2 Å². The van der Waals surface area contributed by atoms with Gasteiger partial charge in [-0.2, -0.15) is 0 Å². The zero-order valence-corrected chi connectivity index (χ0v) is 43.9. The normalized spacial score (nSPS) is 14.3. The Morgan fingerprint density at radius 3 is 1.30 bits per heavy atom. The van der Waals surface area contributed by atoms with Crippen molar-refractivity contribution in [3.63, 3.8) is 0 Å². The molecule has 0 aromatic rings. The van der Waals surface area contributed by atoms with Crippen molar-refractivity contribution in [3.05, 3.63) is 36.5 Å². The molecule has 3 atom stereocenters. The van der Waals surface area contributed by atoms with Crippen LogP contribution >= 0.6 is 7.82 Å². The highest BCUT2D eigenvalue weighted by atomic mass is 31.2. The molecule has 378 valence electrons. The van der Waals surface area contributed by atoms with Crippen molar-refractivity contribution in [1.29, 1.82) is 0 Å². The Hall–Kier alpha value is -1.28. The summed E-state index contributed by atoms with van der Waals surface area (Å²) in [6.45, 7) is 4.66. The zero-order chi connectivity index (χ0) is 47.1. The molecule has 1 amide bonds. The Kier molecular flexibility index (Phi) is 45.9. The van der Waals surface area contributed by atoms with Gasteiger partial charge in [-0.1, -0.05) is 237 Å². The number of phosphoric ester groups is 1. The lowest BCUT2D eigenvalue weighted by atomic mass is 10.0. The number of aliphatic hydroxyl groups excluding tert-OH is 1. The Morgan fingerprint density at radius 2 is 0.906 bits per heavy atom. The third-order valence-corrected chi connectivity index (χ3v) is 13.3. The van der Waals surface area contributed by atoms with Gasteiger partial charge in [-0.05, 0) is 51.4 Å². The fourth-order valence-electron chi connectivity index (χ4n) is 8.01. The molecule has 0 aromatic carbocycles. The maximum Gasteiger partial charge on any atom is 0.268 e. The molecule has 0 radical (unpaired) electrons. The minimum atomic E-state index is -4.59. The number of rotatable bonds is 50. The third kappa shape index (κ3) is 48.6. The number of amides is 1. The Bertz CT molecular complexity index is 1140. The van der Waals surface area contributed by atoms with Crippen molar-refractivity contribution in [2.24, 2.45) is 0 Å². The fourth-order valence-corrected chi connectivity index (χ4v) is 8.73. The summed E-state index contributed by atoms with van der Waals surface area (Å²) in [5, 5.41) is 13.8. The molecule has 8 nitrogen and oxygen atoms in total. The fraction of sp³-hybridized carbons (Fsp3) is 0.873. The molecule has 0 bridgehead atoms. The smallest absolute Gasteiger partial charge is 0.268 e. The topological polar surface area (TPSA) is 108 Å². The number of hydrogen-bond donors (Lipinski definition) is 2. The molecule has 0 spiro atoms. The number of allylic oxidation sites excluding steroid dienone is 5. The highest BCUT2D eigenvalue weighted by Crippen LogP contribution is 2.38. The monoisotopic (exact) mass is 923 g/mol. The van der Waals surface area contributed by atoms with Gasteiger partial charge >= 0.3 is 0 Å². The lowest BCUT2D eigenvalue weighted by molar-refractivity contribution is -0.870. The standard InChI is InChI=1S/C55H107N2O6P/c1-6-8-10-12-14-16-18-20-22-23-24-25-26-27-28-29-30-31-32-33-35-37-39-41-43-45-47-49-55(59)56-53(52-63-64(60,61)62-51-50-57(3,4)5)54(58)48-46-44-42-40-38-36-34-21-19-17-15-13-11-9-7-2/h18,20,23-24,46,48,53-54,58H,6-17,19,21-22,25-45,47,49-52H2,1-5H3,(H-,56,59,60,61)/b20-18-,24-23-,48-46+. The first-order valence-electron chi connectivity index (χ1n) is 27.4. The number of hydrogen-bond acceptors (Lipinski definition) is 6. The number of carbonyl (C=O) groups is 1. The lowest BCUT2D eigenvalue weighted by Gasteiger charge is -2.29. The van der Waals surface area contributed by atoms with Crippen LogP contribution < -0.4 is 10.2 Å². The second-order valence-corrected chi connectivity index (χ2v) is 21.3. The van der Waals surface area contributed by atoms with Crippen LogP contribution in [0.5, 0.6) is 0 Å². The average Bonchev–Trinajstić information content (AvgIpc) is 3.25. The van der Waals surface area contributed by atoms with Gasteiger partial charge in [0.25, 0.3) is 7.82 Å². The van der Waals surface area contributed by atoms with Gasteiger partial charge in [0.15, 0.2) is 0 Å². The summed E-state index contributed by atoms with van der Waals surface area (Å²) in [4.78, 5) is 25.4. The molecular formula is C55H107N2O6P. The molecule has 0 saturated carbocycles. The van der Waals surface area contributed by atoms with Gasteiger partial charge in [0.2, 0.25) is 5.91 Å². The molecule has 0 rings (SSSR count). The maximum absolute atomic E-state index is 12.9. The van der Waals surface area contributed by atoms with Crippen molar-refractivity contribution >= 4 is 13.7 Å². The predicted octanol–water partition coefficient (Wildman–Crippen LogP) is 15.6. The molecule has 3 unspecified atom stereocenters. The van der Waals surface area contributed by atoms with E-state index in [9.17, 15) is 19.4 Å². The molecule has 0 fully saturated rings. The highest BCUT2D eigenvalue weighted by molar-refractivity contribution is 7.45. The van der Waals surface area contributed by atoms with Crippen LogP contribution in [0.2, 0.25) is 0 Å². The molecule has 0 aromatic heterocycles. The highest BCUT2D eigenvalue weighted by Gasteiger charge is 2.23. The van der Waals surface area contributed by atoms with Crippen LogP contribution in [0.25, 0.3) is 0 Å². The number of aliphatic hydroxyl groups is 1. The predicted molar refractivity (Wildman–Crippen MR) is 275 cm³/mol. The SMILES string of the molecule is CCCCCCC/C=C\C/C=C\CCCCCCCCCCCCCCCCCC(=O)NC(COP(=O)([O-])OCC[N+](C)(C)C)C(O)/C=C/CCCCCCCCCCCCCCC. The van der Waals surface area contributed by atoms with Gasteiger partial charge in [0.05, 0.1) is 39.9 Å². The van der Waals surface area contributed by atoms with Crippen molar-refractivity contribution in [2.45, 2.75) is 270 Å². The van der Waals surface area contributed by atoms with Gasteiger partial charge in [0, 0.05) is 6.42 Å². The van der Waals surface area contributed by atoms with E-state index in [4.69, 9.17) is 9.05 Å². The number of likely N-dealkylation sites (N-methyl/N-ethyl adjacent to an activating group) is 1. The first-order valence-corrected chi connectivity index (χ1v) is 28.8. The molecule has 0 aliphatic carbocycles. The minimum Gasteiger partial charge on any atom is -0.756 e. The summed E-state index contributed by atoms with van der Waals surface area (Å²) in [7, 11) is 1.27. The van der Waals surface area contributed by atoms with Gasteiger partial charge in [-0.3, -0.25) is 9.36 Å². The Balaban J connectivity index is 4.16. The van der Waals surface area contributed by atoms with E-state index in [-0.39, 0.29) is 19.1 Å². The minimum absolute atomic E-state index is 0.0000788. The van der Waals surface area contributed by atoms with Gasteiger partial charge in [-0.15, -0.1) is 0 Å². The summed E-state index contributed by atoms with van der Waals surface area (Å²) in [6, 6.07) is -0.885. The van der Waals surface area contributed by atoms with Crippen LogP contribution in [0.3, 0.4) is 0 Å². The van der Waals surface area contributed by atoms with E-state index in [1.54, 1.807) is 6.08 Å². The van der Waals surface area contributed by atoms with Crippen molar-refractivity contribution < 1.29 is 32.9 Å². The van der Waals surface area contributed by atoms with E-state index in [1.165, 1.54) is 193 Å². The van der Waals surface area contributed by atoms with Crippen LogP contribution in [0.1, 0.15) is 258 Å². The number of unbranched alkanes of at least 4 members (excludes halogenated alkanes) is 33. The summed E-state index contributed by atoms with van der Waals surface area (Å²) in [6.07, 6.45) is 59.2. The van der Waals surface area contributed by atoms with Crippen LogP contribution in [-0.4, -0.2) is 68.5 Å². The summed E-state index contributed by atoms with van der Waals surface area (Å²) in [5.74, 6) is -0.196.